The summed E-state index contributed by atoms with van der Waals surface area (Å²) < 4.78 is 10.1. The fraction of sp³-hybridized carbons (Fsp3) is 0.571. The molecule has 160 valence electrons. The van der Waals surface area contributed by atoms with Crippen molar-refractivity contribution in [1.29, 1.82) is 0 Å². The lowest BCUT2D eigenvalue weighted by Gasteiger charge is -2.35. The van der Waals surface area contributed by atoms with Crippen LogP contribution in [-0.4, -0.2) is 69.1 Å². The molecule has 2 rings (SSSR count). The maximum atomic E-state index is 12.8. The molecule has 1 fully saturated rings. The molecule has 0 spiro atoms. The van der Waals surface area contributed by atoms with Crippen LogP contribution in [0, 0.1) is 5.92 Å². The lowest BCUT2D eigenvalue weighted by molar-refractivity contribution is -0.130. The molecular formula is C21H31N3O5. The van der Waals surface area contributed by atoms with E-state index in [2.05, 4.69) is 10.6 Å². The standard InChI is InChI=1S/C21H31N3O5/c1-15(25)24-12-9-16(10-13-24)19(21(27)22-11-4-14-28-2)23-20(26)17-5-7-18(29-3)8-6-17/h5-8,16,19H,4,9-14H2,1-3H3,(H,22,27)(H,23,26)/t19-/m1/s1. The molecule has 1 atom stereocenters. The summed E-state index contributed by atoms with van der Waals surface area (Å²) in [6.07, 6.45) is 2.03. The van der Waals surface area contributed by atoms with Gasteiger partial charge in [0.15, 0.2) is 0 Å². The molecular weight excluding hydrogens is 374 g/mol. The van der Waals surface area contributed by atoms with E-state index >= 15 is 0 Å². The van der Waals surface area contributed by atoms with Crippen molar-refractivity contribution in [3.05, 3.63) is 29.8 Å². The Kier molecular flexibility index (Phi) is 8.92. The molecule has 0 unspecified atom stereocenters. The van der Waals surface area contributed by atoms with E-state index in [1.54, 1.807) is 50.3 Å². The van der Waals surface area contributed by atoms with Gasteiger partial charge in [-0.2, -0.15) is 0 Å². The van der Waals surface area contributed by atoms with Gasteiger partial charge in [0.1, 0.15) is 11.8 Å². The maximum absolute atomic E-state index is 12.8. The predicted molar refractivity (Wildman–Crippen MR) is 109 cm³/mol. The van der Waals surface area contributed by atoms with E-state index in [1.807, 2.05) is 0 Å². The average molecular weight is 405 g/mol. The van der Waals surface area contributed by atoms with E-state index in [9.17, 15) is 14.4 Å². The minimum atomic E-state index is -0.652. The van der Waals surface area contributed by atoms with Crippen molar-refractivity contribution in [3.63, 3.8) is 0 Å². The van der Waals surface area contributed by atoms with Crippen LogP contribution in [-0.2, 0) is 14.3 Å². The smallest absolute Gasteiger partial charge is 0.251 e. The van der Waals surface area contributed by atoms with Crippen LogP contribution in [0.1, 0.15) is 36.5 Å². The molecule has 0 aromatic heterocycles. The van der Waals surface area contributed by atoms with Crippen molar-refractivity contribution in [2.24, 2.45) is 5.92 Å². The van der Waals surface area contributed by atoms with Crippen LogP contribution in [0.3, 0.4) is 0 Å². The summed E-state index contributed by atoms with van der Waals surface area (Å²) in [6.45, 7) is 3.76. The van der Waals surface area contributed by atoms with E-state index in [4.69, 9.17) is 9.47 Å². The molecule has 0 aliphatic carbocycles. The number of carbonyl (C=O) groups excluding carboxylic acids is 3. The number of amides is 3. The Morgan fingerprint density at radius 3 is 2.34 bits per heavy atom. The van der Waals surface area contributed by atoms with Crippen LogP contribution >= 0.6 is 0 Å². The fourth-order valence-corrected chi connectivity index (χ4v) is 3.45. The number of nitrogens with zero attached hydrogens (tertiary/aromatic N) is 1. The van der Waals surface area contributed by atoms with Gasteiger partial charge in [-0.05, 0) is 49.4 Å². The van der Waals surface area contributed by atoms with Gasteiger partial charge in [-0.1, -0.05) is 0 Å². The van der Waals surface area contributed by atoms with Crippen molar-refractivity contribution in [2.75, 3.05) is 40.5 Å². The third-order valence-electron chi connectivity index (χ3n) is 5.20. The summed E-state index contributed by atoms with van der Waals surface area (Å²) >= 11 is 0. The molecule has 0 bridgehead atoms. The van der Waals surface area contributed by atoms with Crippen LogP contribution in [0.25, 0.3) is 0 Å². The summed E-state index contributed by atoms with van der Waals surface area (Å²) in [6, 6.07) is 6.10. The molecule has 8 nitrogen and oxygen atoms in total. The first-order valence-corrected chi connectivity index (χ1v) is 9.93. The number of rotatable bonds is 9. The quantitative estimate of drug-likeness (QED) is 0.602. The molecule has 8 heteroatoms. The lowest BCUT2D eigenvalue weighted by Crippen LogP contribution is -2.53. The van der Waals surface area contributed by atoms with Crippen molar-refractivity contribution in [1.82, 2.24) is 15.5 Å². The van der Waals surface area contributed by atoms with Crippen LogP contribution in [0.2, 0.25) is 0 Å². The molecule has 3 amide bonds. The Morgan fingerprint density at radius 1 is 1.14 bits per heavy atom. The number of nitrogens with one attached hydrogen (secondary N) is 2. The summed E-state index contributed by atoms with van der Waals surface area (Å²) in [5.74, 6) is 0.148. The number of piperidine rings is 1. The second kappa shape index (κ2) is 11.4. The number of hydrogen-bond acceptors (Lipinski definition) is 5. The topological polar surface area (TPSA) is 97.0 Å². The van der Waals surface area contributed by atoms with Gasteiger partial charge in [0, 0.05) is 45.8 Å². The van der Waals surface area contributed by atoms with E-state index in [1.165, 1.54) is 0 Å². The number of carbonyl (C=O) groups is 3. The van der Waals surface area contributed by atoms with Gasteiger partial charge in [-0.3, -0.25) is 14.4 Å². The van der Waals surface area contributed by atoms with Gasteiger partial charge in [0.25, 0.3) is 5.91 Å². The van der Waals surface area contributed by atoms with E-state index < -0.39 is 6.04 Å². The summed E-state index contributed by atoms with van der Waals surface area (Å²) in [5.41, 5.74) is 0.462. The number of methoxy groups -OCH3 is 2. The molecule has 1 aromatic rings. The molecule has 1 aromatic carbocycles. The predicted octanol–water partition coefficient (Wildman–Crippen LogP) is 1.20. The van der Waals surface area contributed by atoms with E-state index in [0.717, 1.165) is 0 Å². The molecule has 1 heterocycles. The number of likely N-dealkylation sites (tertiary alicyclic amines) is 1. The Morgan fingerprint density at radius 2 is 1.79 bits per heavy atom. The van der Waals surface area contributed by atoms with Crippen molar-refractivity contribution < 1.29 is 23.9 Å². The van der Waals surface area contributed by atoms with Gasteiger partial charge in [0.2, 0.25) is 11.8 Å². The average Bonchev–Trinajstić information content (AvgIpc) is 2.75. The van der Waals surface area contributed by atoms with Gasteiger partial charge in [-0.25, -0.2) is 0 Å². The second-order valence-corrected chi connectivity index (χ2v) is 7.16. The number of hydrogen-bond donors (Lipinski definition) is 2. The highest BCUT2D eigenvalue weighted by Gasteiger charge is 2.33. The molecule has 0 radical (unpaired) electrons. The minimum Gasteiger partial charge on any atom is -0.497 e. The zero-order chi connectivity index (χ0) is 21.2. The van der Waals surface area contributed by atoms with Crippen LogP contribution in [0.5, 0.6) is 5.75 Å². The molecule has 2 N–H and O–H groups in total. The lowest BCUT2D eigenvalue weighted by atomic mass is 9.88. The molecule has 1 aliphatic heterocycles. The van der Waals surface area contributed by atoms with Gasteiger partial charge in [-0.15, -0.1) is 0 Å². The Bertz CT molecular complexity index is 684. The highest BCUT2D eigenvalue weighted by Crippen LogP contribution is 2.22. The maximum Gasteiger partial charge on any atom is 0.251 e. The van der Waals surface area contributed by atoms with E-state index in [-0.39, 0.29) is 23.6 Å². The van der Waals surface area contributed by atoms with Gasteiger partial charge in [0.05, 0.1) is 7.11 Å². The zero-order valence-corrected chi connectivity index (χ0v) is 17.4. The van der Waals surface area contributed by atoms with Crippen LogP contribution in [0.15, 0.2) is 24.3 Å². The first-order valence-electron chi connectivity index (χ1n) is 9.93. The largest absolute Gasteiger partial charge is 0.497 e. The normalized spacial score (nSPS) is 15.5. The summed E-state index contributed by atoms with van der Waals surface area (Å²) in [5, 5.41) is 5.79. The Labute approximate surface area is 171 Å². The fourth-order valence-electron chi connectivity index (χ4n) is 3.45. The third kappa shape index (κ3) is 6.74. The molecule has 0 saturated carbocycles. The zero-order valence-electron chi connectivity index (χ0n) is 17.4. The number of benzene rings is 1. The first kappa shape index (κ1) is 22.7. The monoisotopic (exact) mass is 405 g/mol. The minimum absolute atomic E-state index is 0.0322. The molecule has 1 aliphatic rings. The van der Waals surface area contributed by atoms with E-state index in [0.29, 0.717) is 56.8 Å². The second-order valence-electron chi connectivity index (χ2n) is 7.16. The van der Waals surface area contributed by atoms with Crippen molar-refractivity contribution >= 4 is 17.7 Å². The summed E-state index contributed by atoms with van der Waals surface area (Å²) in [7, 11) is 3.18. The van der Waals surface area contributed by atoms with Gasteiger partial charge < -0.3 is 25.0 Å². The Balaban J connectivity index is 2.05. The Hall–Kier alpha value is -2.61. The first-order chi connectivity index (χ1) is 14.0. The van der Waals surface area contributed by atoms with Crippen molar-refractivity contribution in [2.45, 2.75) is 32.2 Å². The van der Waals surface area contributed by atoms with Crippen molar-refractivity contribution in [3.8, 4) is 5.75 Å². The third-order valence-corrected chi connectivity index (χ3v) is 5.20. The molecule has 29 heavy (non-hydrogen) atoms. The summed E-state index contributed by atoms with van der Waals surface area (Å²) in [4.78, 5) is 38.9. The molecule has 1 saturated heterocycles. The highest BCUT2D eigenvalue weighted by atomic mass is 16.5. The van der Waals surface area contributed by atoms with Crippen LogP contribution < -0.4 is 15.4 Å². The highest BCUT2D eigenvalue weighted by molar-refractivity contribution is 5.97. The number of ether oxygens (including phenoxy) is 2. The van der Waals surface area contributed by atoms with Gasteiger partial charge >= 0.3 is 0 Å². The SMILES string of the molecule is COCCCNC(=O)[C@H](NC(=O)c1ccc(OC)cc1)C1CCN(C(C)=O)CC1. The van der Waals surface area contributed by atoms with Crippen LogP contribution in [0.4, 0.5) is 0 Å².